The molecule has 0 aliphatic heterocycles. The standard InChI is InChI=1S/C27H18Cl2F3N7/c28-17-8-19-25(35-18-6-7-21(30)20(29)10-18)16(11-33)12-34-27(19)22(9-17)36-26(15-4-2-1-3-5-15)23-13-39(38-37-23)14-24(31)32/h1-10,12-13,24,26,36H,14H2,(H,34,35)/t26-/m0/s1. The molecule has 2 aromatic heterocycles. The van der Waals surface area contributed by atoms with Gasteiger partial charge in [0.15, 0.2) is 0 Å². The molecule has 0 saturated heterocycles. The summed E-state index contributed by atoms with van der Waals surface area (Å²) in [5, 5.41) is 25.0. The van der Waals surface area contributed by atoms with Gasteiger partial charge in [-0.15, -0.1) is 5.10 Å². The van der Waals surface area contributed by atoms with Crippen molar-refractivity contribution in [2.24, 2.45) is 0 Å². The van der Waals surface area contributed by atoms with Gasteiger partial charge in [0.25, 0.3) is 6.43 Å². The molecule has 2 heterocycles. The van der Waals surface area contributed by atoms with Gasteiger partial charge in [-0.2, -0.15) is 5.26 Å². The minimum Gasteiger partial charge on any atom is -0.371 e. The first kappa shape index (κ1) is 26.3. The molecule has 12 heteroatoms. The third-order valence-corrected chi connectivity index (χ3v) is 6.36. The third kappa shape index (κ3) is 5.74. The minimum atomic E-state index is -2.58. The Labute approximate surface area is 230 Å². The van der Waals surface area contributed by atoms with E-state index in [-0.39, 0.29) is 10.6 Å². The van der Waals surface area contributed by atoms with Crippen LogP contribution in [0.4, 0.5) is 30.2 Å². The molecule has 0 amide bonds. The fraction of sp³-hybridized carbons (Fsp3) is 0.111. The molecule has 0 radical (unpaired) electrons. The van der Waals surface area contributed by atoms with E-state index in [2.05, 4.69) is 32.0 Å². The van der Waals surface area contributed by atoms with Crippen molar-refractivity contribution < 1.29 is 13.2 Å². The van der Waals surface area contributed by atoms with E-state index in [9.17, 15) is 18.4 Å². The summed E-state index contributed by atoms with van der Waals surface area (Å²) in [4.78, 5) is 4.50. The van der Waals surface area contributed by atoms with Crippen LogP contribution in [-0.2, 0) is 6.54 Å². The van der Waals surface area contributed by atoms with Gasteiger partial charge in [0.2, 0.25) is 0 Å². The van der Waals surface area contributed by atoms with Gasteiger partial charge in [-0.1, -0.05) is 58.7 Å². The maximum absolute atomic E-state index is 13.7. The van der Waals surface area contributed by atoms with E-state index >= 15 is 0 Å². The highest BCUT2D eigenvalue weighted by molar-refractivity contribution is 6.32. The van der Waals surface area contributed by atoms with E-state index < -0.39 is 24.8 Å². The summed E-state index contributed by atoms with van der Waals surface area (Å²) in [6.45, 7) is -0.588. The van der Waals surface area contributed by atoms with Crippen molar-refractivity contribution in [1.29, 1.82) is 5.26 Å². The van der Waals surface area contributed by atoms with Gasteiger partial charge in [-0.25, -0.2) is 17.9 Å². The van der Waals surface area contributed by atoms with E-state index in [1.807, 2.05) is 30.3 Å². The Morgan fingerprint density at radius 1 is 1.05 bits per heavy atom. The molecule has 0 aliphatic carbocycles. The van der Waals surface area contributed by atoms with Crippen molar-refractivity contribution in [3.05, 3.63) is 106 Å². The summed E-state index contributed by atoms with van der Waals surface area (Å²) in [7, 11) is 0. The predicted octanol–water partition coefficient (Wildman–Crippen LogP) is 7.35. The summed E-state index contributed by atoms with van der Waals surface area (Å²) in [5.41, 5.74) is 3.25. The van der Waals surface area contributed by atoms with Crippen LogP contribution in [0.5, 0.6) is 0 Å². The number of nitrogens with zero attached hydrogens (tertiary/aromatic N) is 5. The van der Waals surface area contributed by atoms with Gasteiger partial charge in [0.1, 0.15) is 24.1 Å². The second-order valence-corrected chi connectivity index (χ2v) is 9.35. The van der Waals surface area contributed by atoms with Crippen molar-refractivity contribution in [2.75, 3.05) is 10.6 Å². The number of alkyl halides is 2. The number of halogens is 5. The lowest BCUT2D eigenvalue weighted by molar-refractivity contribution is 0.121. The monoisotopic (exact) mass is 567 g/mol. The molecule has 196 valence electrons. The van der Waals surface area contributed by atoms with Crippen molar-refractivity contribution >= 4 is 51.2 Å². The van der Waals surface area contributed by atoms with Crippen LogP contribution in [0.3, 0.4) is 0 Å². The fourth-order valence-corrected chi connectivity index (χ4v) is 4.52. The molecule has 3 aromatic carbocycles. The van der Waals surface area contributed by atoms with Crippen molar-refractivity contribution in [3.8, 4) is 6.07 Å². The fourth-order valence-electron chi connectivity index (χ4n) is 4.12. The molecule has 0 saturated carbocycles. The van der Waals surface area contributed by atoms with Crippen LogP contribution < -0.4 is 10.6 Å². The lowest BCUT2D eigenvalue weighted by Gasteiger charge is -2.21. The van der Waals surface area contributed by atoms with Crippen LogP contribution in [0.1, 0.15) is 22.9 Å². The molecule has 5 rings (SSSR count). The smallest absolute Gasteiger partial charge is 0.257 e. The zero-order chi connectivity index (χ0) is 27.5. The molecule has 7 nitrogen and oxygen atoms in total. The molecule has 39 heavy (non-hydrogen) atoms. The largest absolute Gasteiger partial charge is 0.371 e. The molecular weight excluding hydrogens is 550 g/mol. The first-order valence-electron chi connectivity index (χ1n) is 11.6. The molecule has 2 N–H and O–H groups in total. The number of benzene rings is 3. The molecule has 0 spiro atoms. The van der Waals surface area contributed by atoms with Crippen LogP contribution in [0.15, 0.2) is 73.1 Å². The highest BCUT2D eigenvalue weighted by Gasteiger charge is 2.22. The SMILES string of the molecule is N#Cc1cnc2c(N[C@@H](c3ccccc3)c3cn(CC(F)F)nn3)cc(Cl)cc2c1Nc1ccc(F)c(Cl)c1. The molecule has 0 unspecified atom stereocenters. The summed E-state index contributed by atoms with van der Waals surface area (Å²) in [6, 6.07) is 18.2. The number of hydrogen-bond donors (Lipinski definition) is 2. The minimum absolute atomic E-state index is 0.0807. The van der Waals surface area contributed by atoms with Crippen LogP contribution >= 0.6 is 23.2 Å². The summed E-state index contributed by atoms with van der Waals surface area (Å²) < 4.78 is 40.7. The average Bonchev–Trinajstić information content (AvgIpc) is 3.37. The number of fused-ring (bicyclic) bond motifs is 1. The first-order chi connectivity index (χ1) is 18.8. The zero-order valence-electron chi connectivity index (χ0n) is 19.9. The Kier molecular flexibility index (Phi) is 7.54. The molecule has 0 fully saturated rings. The Balaban J connectivity index is 1.61. The van der Waals surface area contributed by atoms with E-state index in [4.69, 9.17) is 23.2 Å². The van der Waals surface area contributed by atoms with Gasteiger partial charge in [0, 0.05) is 22.3 Å². The highest BCUT2D eigenvalue weighted by Crippen LogP contribution is 2.37. The van der Waals surface area contributed by atoms with E-state index in [0.717, 1.165) is 10.2 Å². The molecular formula is C27H18Cl2F3N7. The van der Waals surface area contributed by atoms with Crippen LogP contribution in [0.25, 0.3) is 10.9 Å². The van der Waals surface area contributed by atoms with E-state index in [1.54, 1.807) is 12.1 Å². The number of aromatic nitrogens is 4. The molecule has 0 aliphatic rings. The molecule has 0 bridgehead atoms. The molecule has 1 atom stereocenters. The first-order valence-corrected chi connectivity index (χ1v) is 12.3. The number of anilines is 3. The van der Waals surface area contributed by atoms with Crippen molar-refractivity contribution in [1.82, 2.24) is 20.0 Å². The average molecular weight is 568 g/mol. The lowest BCUT2D eigenvalue weighted by Crippen LogP contribution is -2.14. The Hall–Kier alpha value is -4.33. The lowest BCUT2D eigenvalue weighted by atomic mass is 10.0. The van der Waals surface area contributed by atoms with Gasteiger partial charge >= 0.3 is 0 Å². The second-order valence-electron chi connectivity index (χ2n) is 8.51. The molecule has 5 aromatic rings. The van der Waals surface area contributed by atoms with Gasteiger partial charge in [-0.3, -0.25) is 4.98 Å². The van der Waals surface area contributed by atoms with Crippen LogP contribution in [0.2, 0.25) is 10.0 Å². The number of nitrogens with one attached hydrogen (secondary N) is 2. The van der Waals surface area contributed by atoms with Crippen LogP contribution in [0, 0.1) is 17.1 Å². The highest BCUT2D eigenvalue weighted by atomic mass is 35.5. The van der Waals surface area contributed by atoms with Gasteiger partial charge in [0.05, 0.1) is 39.7 Å². The van der Waals surface area contributed by atoms with Gasteiger partial charge in [-0.05, 0) is 35.9 Å². The summed E-state index contributed by atoms with van der Waals surface area (Å²) >= 11 is 12.5. The Morgan fingerprint density at radius 2 is 1.85 bits per heavy atom. The summed E-state index contributed by atoms with van der Waals surface area (Å²) in [6.07, 6.45) is 0.279. The quantitative estimate of drug-likeness (QED) is 0.203. The van der Waals surface area contributed by atoms with Gasteiger partial charge < -0.3 is 10.6 Å². The topological polar surface area (TPSA) is 91.5 Å². The number of rotatable bonds is 8. The van der Waals surface area contributed by atoms with Crippen molar-refractivity contribution in [3.63, 3.8) is 0 Å². The number of hydrogen-bond acceptors (Lipinski definition) is 6. The van der Waals surface area contributed by atoms with Crippen molar-refractivity contribution in [2.45, 2.75) is 19.0 Å². The summed E-state index contributed by atoms with van der Waals surface area (Å²) in [5.74, 6) is -0.575. The number of pyridine rings is 1. The Morgan fingerprint density at radius 3 is 2.56 bits per heavy atom. The maximum Gasteiger partial charge on any atom is 0.257 e. The normalized spacial score (nSPS) is 11.9. The third-order valence-electron chi connectivity index (χ3n) is 5.86. The zero-order valence-corrected chi connectivity index (χ0v) is 21.4. The van der Waals surface area contributed by atoms with Crippen LogP contribution in [-0.4, -0.2) is 26.4 Å². The Bertz CT molecular complexity index is 1690. The van der Waals surface area contributed by atoms with E-state index in [1.165, 1.54) is 30.6 Å². The number of nitriles is 1. The predicted molar refractivity (Wildman–Crippen MR) is 144 cm³/mol. The maximum atomic E-state index is 13.7. The second kappa shape index (κ2) is 11.2. The van der Waals surface area contributed by atoms with E-state index in [0.29, 0.717) is 38.7 Å².